The van der Waals surface area contributed by atoms with Gasteiger partial charge in [0, 0.05) is 0 Å². The zero-order valence-corrected chi connectivity index (χ0v) is 15.1. The lowest BCUT2D eigenvalue weighted by Crippen LogP contribution is -2.50. The molecule has 1 unspecified atom stereocenters. The molecular weight excluding hydrogens is 272 g/mol. The highest BCUT2D eigenvalue weighted by atomic mass is 16.6. The third-order valence-corrected chi connectivity index (χ3v) is 7.58. The van der Waals surface area contributed by atoms with Gasteiger partial charge < -0.3 is 9.84 Å². The van der Waals surface area contributed by atoms with Crippen molar-refractivity contribution in [3.63, 3.8) is 0 Å². The Bertz CT molecular complexity index is 466. The van der Waals surface area contributed by atoms with Crippen molar-refractivity contribution in [2.75, 3.05) is 0 Å². The van der Waals surface area contributed by atoms with Crippen molar-refractivity contribution in [2.24, 2.45) is 22.7 Å². The minimum absolute atomic E-state index is 0.204. The average Bonchev–Trinajstić information content (AvgIpc) is 3.05. The quantitative estimate of drug-likeness (QED) is 0.605. The van der Waals surface area contributed by atoms with Crippen LogP contribution in [0.3, 0.4) is 0 Å². The smallest absolute Gasteiger partial charge is 0.117 e. The monoisotopic (exact) mass is 306 g/mol. The van der Waals surface area contributed by atoms with E-state index >= 15 is 0 Å². The Balaban J connectivity index is 1.81. The van der Waals surface area contributed by atoms with E-state index in [9.17, 15) is 5.11 Å². The van der Waals surface area contributed by atoms with Gasteiger partial charge in [-0.05, 0) is 68.6 Å². The molecule has 0 aromatic heterocycles. The standard InChI is InChI=1S/C20H34O2/c1-13-8-9-16-18(3,4)10-7-11-19(16,5)15(13)12-17-20(6,22-17)14(2)21/h14-17,21H,1,7-12H2,2-6H3/t14?,15-,16-,17-,19+,20-/m0/s1. The molecule has 1 heterocycles. The molecule has 0 bridgehead atoms. The van der Waals surface area contributed by atoms with E-state index in [1.807, 2.05) is 6.92 Å². The molecule has 2 aliphatic carbocycles. The van der Waals surface area contributed by atoms with Crippen molar-refractivity contribution in [3.05, 3.63) is 12.2 Å². The molecule has 6 atom stereocenters. The predicted molar refractivity (Wildman–Crippen MR) is 90.7 cm³/mol. The van der Waals surface area contributed by atoms with Crippen molar-refractivity contribution >= 4 is 0 Å². The van der Waals surface area contributed by atoms with Crippen molar-refractivity contribution in [1.82, 2.24) is 0 Å². The number of hydrogen-bond donors (Lipinski definition) is 1. The number of rotatable bonds is 3. The van der Waals surface area contributed by atoms with Gasteiger partial charge in [-0.2, -0.15) is 0 Å². The molecule has 3 fully saturated rings. The van der Waals surface area contributed by atoms with Gasteiger partial charge in [0.15, 0.2) is 0 Å². The van der Waals surface area contributed by atoms with Crippen LogP contribution in [0.25, 0.3) is 0 Å². The molecule has 126 valence electrons. The second kappa shape index (κ2) is 5.08. The second-order valence-corrected chi connectivity index (χ2v) is 9.35. The van der Waals surface area contributed by atoms with E-state index in [-0.39, 0.29) is 17.8 Å². The zero-order valence-electron chi connectivity index (χ0n) is 15.1. The number of allylic oxidation sites excluding steroid dienone is 1. The van der Waals surface area contributed by atoms with Crippen molar-refractivity contribution in [3.8, 4) is 0 Å². The summed E-state index contributed by atoms with van der Waals surface area (Å²) in [7, 11) is 0. The molecule has 1 aliphatic heterocycles. The van der Waals surface area contributed by atoms with Crippen LogP contribution in [0.1, 0.15) is 73.1 Å². The Morgan fingerprint density at radius 2 is 1.95 bits per heavy atom. The minimum atomic E-state index is -0.388. The molecule has 2 saturated carbocycles. The van der Waals surface area contributed by atoms with Crippen molar-refractivity contribution in [1.29, 1.82) is 0 Å². The lowest BCUT2D eigenvalue weighted by Gasteiger charge is -2.58. The van der Waals surface area contributed by atoms with Gasteiger partial charge in [0.1, 0.15) is 5.60 Å². The summed E-state index contributed by atoms with van der Waals surface area (Å²) in [6.45, 7) is 15.8. The molecule has 0 radical (unpaired) electrons. The maximum atomic E-state index is 9.95. The zero-order chi connectivity index (χ0) is 16.3. The van der Waals surface area contributed by atoms with Crippen LogP contribution < -0.4 is 0 Å². The third-order valence-electron chi connectivity index (χ3n) is 7.58. The molecule has 0 aromatic rings. The second-order valence-electron chi connectivity index (χ2n) is 9.35. The first-order valence-corrected chi connectivity index (χ1v) is 9.15. The van der Waals surface area contributed by atoms with Crippen LogP contribution in [0, 0.1) is 22.7 Å². The van der Waals surface area contributed by atoms with Gasteiger partial charge >= 0.3 is 0 Å². The van der Waals surface area contributed by atoms with Crippen LogP contribution in [0.15, 0.2) is 12.2 Å². The number of hydrogen-bond acceptors (Lipinski definition) is 2. The van der Waals surface area contributed by atoms with Crippen LogP contribution in [0.2, 0.25) is 0 Å². The van der Waals surface area contributed by atoms with Crippen LogP contribution >= 0.6 is 0 Å². The highest BCUT2D eigenvalue weighted by molar-refractivity contribution is 5.18. The van der Waals surface area contributed by atoms with E-state index in [4.69, 9.17) is 4.74 Å². The van der Waals surface area contributed by atoms with Gasteiger partial charge in [-0.1, -0.05) is 39.3 Å². The molecule has 3 rings (SSSR count). The van der Waals surface area contributed by atoms with Gasteiger partial charge in [0.05, 0.1) is 12.2 Å². The van der Waals surface area contributed by atoms with Gasteiger partial charge in [0.2, 0.25) is 0 Å². The average molecular weight is 306 g/mol. The molecular formula is C20H34O2. The fraction of sp³-hybridized carbons (Fsp3) is 0.900. The number of aliphatic hydroxyl groups is 1. The summed E-state index contributed by atoms with van der Waals surface area (Å²) in [4.78, 5) is 0. The summed E-state index contributed by atoms with van der Waals surface area (Å²) in [5, 5.41) is 9.95. The molecule has 2 heteroatoms. The normalized spacial score (nSPS) is 48.6. The highest BCUT2D eigenvalue weighted by Crippen LogP contribution is 2.63. The summed E-state index contributed by atoms with van der Waals surface area (Å²) in [6, 6.07) is 0. The summed E-state index contributed by atoms with van der Waals surface area (Å²) >= 11 is 0. The number of epoxide rings is 1. The van der Waals surface area contributed by atoms with Crippen LogP contribution in [-0.4, -0.2) is 22.9 Å². The van der Waals surface area contributed by atoms with E-state index in [1.165, 1.54) is 37.7 Å². The van der Waals surface area contributed by atoms with E-state index in [0.717, 1.165) is 12.3 Å². The molecule has 2 nitrogen and oxygen atoms in total. The van der Waals surface area contributed by atoms with Crippen molar-refractivity contribution in [2.45, 2.75) is 91.0 Å². The Kier molecular flexibility index (Phi) is 3.81. The van der Waals surface area contributed by atoms with E-state index in [0.29, 0.717) is 16.7 Å². The number of ether oxygens (including phenoxy) is 1. The third kappa shape index (κ3) is 2.38. The van der Waals surface area contributed by atoms with E-state index in [1.54, 1.807) is 0 Å². The first-order chi connectivity index (χ1) is 10.1. The lowest BCUT2D eigenvalue weighted by atomic mass is 9.47. The molecule has 0 spiro atoms. The molecule has 1 saturated heterocycles. The topological polar surface area (TPSA) is 32.8 Å². The Morgan fingerprint density at radius 3 is 2.55 bits per heavy atom. The van der Waals surface area contributed by atoms with Crippen molar-refractivity contribution < 1.29 is 9.84 Å². The predicted octanol–water partition coefficient (Wildman–Crippen LogP) is 4.71. The number of fused-ring (bicyclic) bond motifs is 1. The SMILES string of the molecule is C=C1CC[C@H]2C(C)(C)CCC[C@]2(C)[C@H]1C[C@@H]1O[C@@]1(C)C(C)O. The van der Waals surface area contributed by atoms with E-state index < -0.39 is 0 Å². The molecule has 0 aromatic carbocycles. The maximum absolute atomic E-state index is 9.95. The summed E-state index contributed by atoms with van der Waals surface area (Å²) in [5.41, 5.74) is 1.92. The molecule has 1 N–H and O–H groups in total. The first-order valence-electron chi connectivity index (χ1n) is 9.15. The van der Waals surface area contributed by atoms with Crippen LogP contribution in [0.4, 0.5) is 0 Å². The maximum Gasteiger partial charge on any atom is 0.117 e. The first kappa shape index (κ1) is 16.5. The Hall–Kier alpha value is -0.340. The minimum Gasteiger partial charge on any atom is -0.390 e. The van der Waals surface area contributed by atoms with Crippen LogP contribution in [0.5, 0.6) is 0 Å². The largest absolute Gasteiger partial charge is 0.390 e. The Labute approximate surface area is 136 Å². The Morgan fingerprint density at radius 1 is 1.27 bits per heavy atom. The van der Waals surface area contributed by atoms with Gasteiger partial charge in [-0.25, -0.2) is 0 Å². The summed E-state index contributed by atoms with van der Waals surface area (Å²) in [6.07, 6.45) is 7.35. The molecule has 3 aliphatic rings. The van der Waals surface area contributed by atoms with Gasteiger partial charge in [-0.15, -0.1) is 0 Å². The van der Waals surface area contributed by atoms with E-state index in [2.05, 4.69) is 34.3 Å². The van der Waals surface area contributed by atoms with Gasteiger partial charge in [-0.3, -0.25) is 0 Å². The fourth-order valence-electron chi connectivity index (χ4n) is 5.85. The highest BCUT2D eigenvalue weighted by Gasteiger charge is 2.60. The lowest BCUT2D eigenvalue weighted by molar-refractivity contribution is -0.0556. The summed E-state index contributed by atoms with van der Waals surface area (Å²) < 4.78 is 5.90. The van der Waals surface area contributed by atoms with Gasteiger partial charge in [0.25, 0.3) is 0 Å². The summed E-state index contributed by atoms with van der Waals surface area (Å²) in [5.74, 6) is 1.34. The fourth-order valence-corrected chi connectivity index (χ4v) is 5.85. The number of aliphatic hydroxyl groups excluding tert-OH is 1. The molecule has 0 amide bonds. The van der Waals surface area contributed by atoms with Crippen LogP contribution in [-0.2, 0) is 4.74 Å². The molecule has 22 heavy (non-hydrogen) atoms.